The Hall–Kier alpha value is -0.340. The van der Waals surface area contributed by atoms with E-state index in [9.17, 15) is 13.2 Å². The molecule has 2 N–H and O–H groups in total. The van der Waals surface area contributed by atoms with Gasteiger partial charge in [-0.1, -0.05) is 28.8 Å². The lowest BCUT2D eigenvalue weighted by Gasteiger charge is -2.27. The summed E-state index contributed by atoms with van der Waals surface area (Å²) in [5.74, 6) is 0.262. The molecule has 2 atom stereocenters. The molecule has 6 nitrogen and oxygen atoms in total. The number of ether oxygens (including phenoxy) is 1. The zero-order valence-electron chi connectivity index (χ0n) is 9.61. The maximum atomic E-state index is 11.4. The highest BCUT2D eigenvalue weighted by atomic mass is 79.9. The van der Waals surface area contributed by atoms with E-state index in [4.69, 9.17) is 0 Å². The van der Waals surface area contributed by atoms with E-state index in [0.29, 0.717) is 11.4 Å². The van der Waals surface area contributed by atoms with Crippen molar-refractivity contribution in [2.45, 2.75) is 30.5 Å². The fourth-order valence-electron chi connectivity index (χ4n) is 1.80. The van der Waals surface area contributed by atoms with Crippen molar-refractivity contribution in [3.63, 3.8) is 0 Å². The third kappa shape index (κ3) is 5.22. The number of nitrogens with one attached hydrogen (secondary N) is 2. The quantitative estimate of drug-likeness (QED) is 0.757. The molecule has 1 fully saturated rings. The van der Waals surface area contributed by atoms with Crippen molar-refractivity contribution in [2.24, 2.45) is 5.92 Å². The molecule has 1 saturated carbocycles. The zero-order chi connectivity index (χ0) is 12.9. The number of carbonyl (C=O) groups is 1. The minimum atomic E-state index is -3.81. The Bertz CT molecular complexity index is 360. The second kappa shape index (κ2) is 6.55. The fraction of sp³-hybridized carbons (Fsp3) is 0.889. The molecule has 17 heavy (non-hydrogen) atoms. The standard InChI is InChI=1S/C9H17BrN2O4S/c1-16-9(13)12-17(14,15)11-6-7-4-2-3-5-8(7)10/h7-8,11H,2-6H2,1H3,(H,12,13). The lowest BCUT2D eigenvalue weighted by molar-refractivity contribution is 0.177. The van der Waals surface area contributed by atoms with E-state index in [0.717, 1.165) is 26.4 Å². The van der Waals surface area contributed by atoms with E-state index < -0.39 is 16.3 Å². The Morgan fingerprint density at radius 3 is 2.65 bits per heavy atom. The van der Waals surface area contributed by atoms with Crippen LogP contribution in [0.1, 0.15) is 25.7 Å². The minimum absolute atomic E-state index is 0.262. The van der Waals surface area contributed by atoms with Crippen LogP contribution >= 0.6 is 15.9 Å². The average Bonchev–Trinajstić information content (AvgIpc) is 2.27. The second-order valence-corrected chi connectivity index (χ2v) is 6.68. The number of hydrogen-bond donors (Lipinski definition) is 2. The normalized spacial score (nSPS) is 25.3. The second-order valence-electron chi connectivity index (χ2n) is 4.01. The van der Waals surface area contributed by atoms with Gasteiger partial charge in [-0.2, -0.15) is 13.1 Å². The molecule has 1 rings (SSSR count). The van der Waals surface area contributed by atoms with E-state index in [2.05, 4.69) is 25.4 Å². The van der Waals surface area contributed by atoms with Crippen LogP contribution in [0.5, 0.6) is 0 Å². The van der Waals surface area contributed by atoms with Crippen molar-refractivity contribution in [3.05, 3.63) is 0 Å². The monoisotopic (exact) mass is 328 g/mol. The lowest BCUT2D eigenvalue weighted by atomic mass is 9.89. The van der Waals surface area contributed by atoms with Crippen LogP contribution in [0.4, 0.5) is 4.79 Å². The predicted octanol–water partition coefficient (Wildman–Crippen LogP) is 1.13. The van der Waals surface area contributed by atoms with Gasteiger partial charge in [0.05, 0.1) is 7.11 Å². The summed E-state index contributed by atoms with van der Waals surface area (Å²) in [6, 6.07) is 0. The van der Waals surface area contributed by atoms with Crippen LogP contribution in [0.3, 0.4) is 0 Å². The summed E-state index contributed by atoms with van der Waals surface area (Å²) in [5.41, 5.74) is 0. The number of amides is 1. The van der Waals surface area contributed by atoms with E-state index in [1.165, 1.54) is 6.42 Å². The summed E-state index contributed by atoms with van der Waals surface area (Å²) < 4.78 is 31.1. The van der Waals surface area contributed by atoms with Gasteiger partial charge in [0.25, 0.3) is 0 Å². The molecule has 0 aromatic heterocycles. The molecule has 0 saturated heterocycles. The number of hydrogen-bond acceptors (Lipinski definition) is 4. The third-order valence-electron chi connectivity index (χ3n) is 2.75. The molecule has 2 unspecified atom stereocenters. The van der Waals surface area contributed by atoms with Crippen LogP contribution in [0.25, 0.3) is 0 Å². The van der Waals surface area contributed by atoms with Crippen molar-refractivity contribution >= 4 is 32.2 Å². The Balaban J connectivity index is 2.40. The molecule has 0 bridgehead atoms. The molecular formula is C9H17BrN2O4S. The van der Waals surface area contributed by atoms with Gasteiger partial charge in [-0.25, -0.2) is 9.52 Å². The van der Waals surface area contributed by atoms with Gasteiger partial charge >= 0.3 is 16.3 Å². The summed E-state index contributed by atoms with van der Waals surface area (Å²) in [6.45, 7) is 0.322. The lowest BCUT2D eigenvalue weighted by Crippen LogP contribution is -2.43. The Kier molecular flexibility index (Phi) is 5.68. The van der Waals surface area contributed by atoms with Gasteiger partial charge in [0.2, 0.25) is 0 Å². The summed E-state index contributed by atoms with van der Waals surface area (Å²) in [6.07, 6.45) is 3.32. The smallest absolute Gasteiger partial charge is 0.421 e. The van der Waals surface area contributed by atoms with Crippen LogP contribution in [0.2, 0.25) is 0 Å². The molecule has 0 aromatic carbocycles. The maximum Gasteiger partial charge on any atom is 0.421 e. The van der Waals surface area contributed by atoms with E-state index >= 15 is 0 Å². The third-order valence-corrected chi connectivity index (χ3v) is 4.94. The van der Waals surface area contributed by atoms with Crippen molar-refractivity contribution in [1.29, 1.82) is 0 Å². The Labute approximate surface area is 110 Å². The highest BCUT2D eigenvalue weighted by molar-refractivity contribution is 9.09. The van der Waals surface area contributed by atoms with Gasteiger partial charge in [0.1, 0.15) is 0 Å². The van der Waals surface area contributed by atoms with Crippen molar-refractivity contribution in [1.82, 2.24) is 9.44 Å². The van der Waals surface area contributed by atoms with E-state index in [-0.39, 0.29) is 5.92 Å². The number of halogens is 1. The van der Waals surface area contributed by atoms with Gasteiger partial charge in [0.15, 0.2) is 0 Å². The predicted molar refractivity (Wildman–Crippen MR) is 67.1 cm³/mol. The molecule has 8 heteroatoms. The molecule has 0 heterocycles. The van der Waals surface area contributed by atoms with Crippen LogP contribution < -0.4 is 9.44 Å². The summed E-state index contributed by atoms with van der Waals surface area (Å²) in [7, 11) is -2.70. The molecule has 1 amide bonds. The molecule has 0 spiro atoms. The molecule has 1 aliphatic rings. The first-order valence-electron chi connectivity index (χ1n) is 5.44. The SMILES string of the molecule is COC(=O)NS(=O)(=O)NCC1CCCCC1Br. The van der Waals surface area contributed by atoms with E-state index in [1.54, 1.807) is 4.72 Å². The topological polar surface area (TPSA) is 84.5 Å². The summed E-state index contributed by atoms with van der Waals surface area (Å²) in [4.78, 5) is 11.1. The van der Waals surface area contributed by atoms with Crippen molar-refractivity contribution < 1.29 is 17.9 Å². The molecule has 0 radical (unpaired) electrons. The van der Waals surface area contributed by atoms with Gasteiger partial charge in [0, 0.05) is 11.4 Å². The average molecular weight is 329 g/mol. The number of carbonyl (C=O) groups excluding carboxylic acids is 1. The highest BCUT2D eigenvalue weighted by Crippen LogP contribution is 2.29. The maximum absolute atomic E-state index is 11.4. The molecule has 1 aliphatic carbocycles. The summed E-state index contributed by atoms with van der Waals surface area (Å²) >= 11 is 3.54. The van der Waals surface area contributed by atoms with Crippen LogP contribution in [0, 0.1) is 5.92 Å². The highest BCUT2D eigenvalue weighted by Gasteiger charge is 2.24. The first-order valence-corrected chi connectivity index (χ1v) is 7.84. The van der Waals surface area contributed by atoms with Gasteiger partial charge in [-0.15, -0.1) is 0 Å². The minimum Gasteiger partial charge on any atom is -0.452 e. The van der Waals surface area contributed by atoms with Crippen molar-refractivity contribution in [3.8, 4) is 0 Å². The first-order chi connectivity index (χ1) is 7.94. The Morgan fingerprint density at radius 1 is 1.41 bits per heavy atom. The van der Waals surface area contributed by atoms with Gasteiger partial charge < -0.3 is 4.74 Å². The van der Waals surface area contributed by atoms with Gasteiger partial charge in [-0.3, -0.25) is 0 Å². The zero-order valence-corrected chi connectivity index (χ0v) is 12.0. The summed E-state index contributed by atoms with van der Waals surface area (Å²) in [5, 5.41) is 0. The van der Waals surface area contributed by atoms with E-state index in [1.807, 2.05) is 0 Å². The Morgan fingerprint density at radius 2 is 2.06 bits per heavy atom. The molecule has 0 aliphatic heterocycles. The number of methoxy groups -OCH3 is 1. The number of alkyl halides is 1. The van der Waals surface area contributed by atoms with Crippen LogP contribution in [-0.2, 0) is 14.9 Å². The van der Waals surface area contributed by atoms with Gasteiger partial charge in [-0.05, 0) is 18.8 Å². The van der Waals surface area contributed by atoms with Crippen LogP contribution in [-0.4, -0.2) is 33.0 Å². The largest absolute Gasteiger partial charge is 0.452 e. The number of rotatable bonds is 4. The molecule has 100 valence electrons. The van der Waals surface area contributed by atoms with Crippen LogP contribution in [0.15, 0.2) is 0 Å². The molecular weight excluding hydrogens is 312 g/mol. The first kappa shape index (κ1) is 14.7. The molecule has 0 aromatic rings. The van der Waals surface area contributed by atoms with Crippen molar-refractivity contribution in [2.75, 3.05) is 13.7 Å². The fourth-order valence-corrected chi connectivity index (χ4v) is 3.38.